The zero-order valence-electron chi connectivity index (χ0n) is 13.7. The molecule has 0 aliphatic rings. The molecule has 0 fully saturated rings. The lowest BCUT2D eigenvalue weighted by Crippen LogP contribution is -3.00. The van der Waals surface area contributed by atoms with Crippen molar-refractivity contribution in [1.82, 2.24) is 0 Å². The molecule has 0 spiro atoms. The summed E-state index contributed by atoms with van der Waals surface area (Å²) in [6.07, 6.45) is 0. The maximum absolute atomic E-state index is 10.8. The van der Waals surface area contributed by atoms with Crippen molar-refractivity contribution in [2.45, 2.75) is 20.8 Å². The Balaban J connectivity index is 0.00000441. The van der Waals surface area contributed by atoms with Gasteiger partial charge in [0.15, 0.2) is 11.5 Å². The minimum absolute atomic E-state index is 0. The van der Waals surface area contributed by atoms with Gasteiger partial charge in [0.25, 0.3) is 5.69 Å². The van der Waals surface area contributed by atoms with Crippen molar-refractivity contribution < 1.29 is 35.9 Å². The van der Waals surface area contributed by atoms with Crippen molar-refractivity contribution in [2.75, 3.05) is 39.9 Å². The highest BCUT2D eigenvalue weighted by Crippen LogP contribution is 2.31. The molecule has 0 radical (unpaired) electrons. The van der Waals surface area contributed by atoms with Gasteiger partial charge in [0.05, 0.1) is 37.7 Å². The lowest BCUT2D eigenvalue weighted by Gasteiger charge is -2.35. The van der Waals surface area contributed by atoms with E-state index in [9.17, 15) is 10.1 Å². The fourth-order valence-corrected chi connectivity index (χ4v) is 2.39. The zero-order chi connectivity index (χ0) is 15.9. The van der Waals surface area contributed by atoms with Crippen molar-refractivity contribution in [3.63, 3.8) is 0 Å². The molecule has 6 nitrogen and oxygen atoms in total. The van der Waals surface area contributed by atoms with Crippen molar-refractivity contribution in [2.24, 2.45) is 0 Å². The fourth-order valence-electron chi connectivity index (χ4n) is 2.39. The first-order chi connectivity index (χ1) is 10.0. The van der Waals surface area contributed by atoms with Gasteiger partial charge in [-0.25, -0.2) is 0 Å². The summed E-state index contributed by atoms with van der Waals surface area (Å²) < 4.78 is 11.9. The molecule has 0 heterocycles. The summed E-state index contributed by atoms with van der Waals surface area (Å²) in [4.78, 5) is 10.4. The number of quaternary nitrogens is 1. The fraction of sp³-hybridized carbons (Fsp3) is 0.600. The highest BCUT2D eigenvalue weighted by atomic mass is 79.9. The van der Waals surface area contributed by atoms with Crippen molar-refractivity contribution in [3.05, 3.63) is 28.3 Å². The van der Waals surface area contributed by atoms with Crippen LogP contribution in [-0.2, 0) is 0 Å². The molecule has 0 aliphatic heterocycles. The van der Waals surface area contributed by atoms with E-state index in [1.165, 1.54) is 19.2 Å². The molecule has 1 aromatic rings. The summed E-state index contributed by atoms with van der Waals surface area (Å²) in [5, 5.41) is 10.8. The van der Waals surface area contributed by atoms with E-state index in [0.717, 1.165) is 30.7 Å². The first-order valence-corrected chi connectivity index (χ1v) is 7.32. The SMILES string of the molecule is CC[N+](CC)(CC)CCOc1cc([N+](=O)[O-])ccc1OC.[Br-]. The summed E-state index contributed by atoms with van der Waals surface area (Å²) in [5.74, 6) is 0.941. The van der Waals surface area contributed by atoms with Crippen LogP contribution in [0.4, 0.5) is 5.69 Å². The summed E-state index contributed by atoms with van der Waals surface area (Å²) in [6, 6.07) is 4.39. The average Bonchev–Trinajstić information content (AvgIpc) is 2.51. The maximum Gasteiger partial charge on any atom is 0.273 e. The predicted octanol–water partition coefficient (Wildman–Crippen LogP) is -0.137. The van der Waals surface area contributed by atoms with Crippen molar-refractivity contribution >= 4 is 5.69 Å². The lowest BCUT2D eigenvalue weighted by molar-refractivity contribution is -0.923. The van der Waals surface area contributed by atoms with Gasteiger partial charge in [-0.15, -0.1) is 0 Å². The number of likely N-dealkylation sites (N-methyl/N-ethyl adjacent to an activating group) is 1. The minimum atomic E-state index is -0.434. The largest absolute Gasteiger partial charge is 1.00 e. The van der Waals surface area contributed by atoms with E-state index in [-0.39, 0.29) is 22.7 Å². The van der Waals surface area contributed by atoms with Crippen LogP contribution in [0.1, 0.15) is 20.8 Å². The molecule has 0 saturated carbocycles. The molecule has 1 aromatic carbocycles. The lowest BCUT2D eigenvalue weighted by atomic mass is 10.3. The van der Waals surface area contributed by atoms with Gasteiger partial charge in [-0.2, -0.15) is 0 Å². The van der Waals surface area contributed by atoms with Gasteiger partial charge in [0.1, 0.15) is 13.2 Å². The van der Waals surface area contributed by atoms with E-state index >= 15 is 0 Å². The second kappa shape index (κ2) is 9.63. The molecule has 0 aromatic heterocycles. The topological polar surface area (TPSA) is 61.6 Å². The number of hydrogen-bond donors (Lipinski definition) is 0. The highest BCUT2D eigenvalue weighted by molar-refractivity contribution is 5.48. The van der Waals surface area contributed by atoms with Crippen molar-refractivity contribution in [1.29, 1.82) is 0 Å². The van der Waals surface area contributed by atoms with Gasteiger partial charge in [-0.1, -0.05) is 0 Å². The standard InChI is InChI=1S/C15H25N2O4.BrH/c1-5-17(6-2,7-3)10-11-21-15-12-13(16(18)19)8-9-14(15)20-4;/h8-9,12H,5-7,10-11H2,1-4H3;1H/q+1;/p-1. The Hall–Kier alpha value is -1.34. The number of nitro groups is 1. The molecule has 0 unspecified atom stereocenters. The number of ether oxygens (including phenoxy) is 2. The molecule has 0 atom stereocenters. The summed E-state index contributed by atoms with van der Waals surface area (Å²) >= 11 is 0. The molecular formula is C15H25BrN2O4. The number of nitrogens with zero attached hydrogens (tertiary/aromatic N) is 2. The number of non-ortho nitro benzene ring substituents is 1. The van der Waals surface area contributed by atoms with Crippen LogP contribution in [0.15, 0.2) is 18.2 Å². The van der Waals surface area contributed by atoms with Crippen LogP contribution in [0.25, 0.3) is 0 Å². The molecule has 0 amide bonds. The first-order valence-electron chi connectivity index (χ1n) is 7.32. The number of halogens is 1. The number of rotatable bonds is 9. The second-order valence-corrected chi connectivity index (χ2v) is 4.95. The molecule has 7 heteroatoms. The van der Waals surface area contributed by atoms with Crippen LogP contribution in [0.5, 0.6) is 11.5 Å². The molecule has 0 N–H and O–H groups in total. The van der Waals surface area contributed by atoms with Gasteiger partial charge in [0.2, 0.25) is 0 Å². The number of benzene rings is 1. The van der Waals surface area contributed by atoms with E-state index in [0.29, 0.717) is 18.1 Å². The highest BCUT2D eigenvalue weighted by Gasteiger charge is 2.21. The second-order valence-electron chi connectivity index (χ2n) is 4.95. The smallest absolute Gasteiger partial charge is 0.273 e. The average molecular weight is 377 g/mol. The maximum atomic E-state index is 10.8. The van der Waals surface area contributed by atoms with Crippen LogP contribution in [0.2, 0.25) is 0 Å². The monoisotopic (exact) mass is 376 g/mol. The molecular weight excluding hydrogens is 352 g/mol. The Morgan fingerprint density at radius 3 is 2.18 bits per heavy atom. The van der Waals surface area contributed by atoms with Crippen LogP contribution in [0, 0.1) is 10.1 Å². The van der Waals surface area contributed by atoms with Gasteiger partial charge in [-0.3, -0.25) is 10.1 Å². The Morgan fingerprint density at radius 1 is 1.14 bits per heavy atom. The van der Waals surface area contributed by atoms with Crippen LogP contribution >= 0.6 is 0 Å². The third-order valence-electron chi connectivity index (χ3n) is 4.19. The third-order valence-corrected chi connectivity index (χ3v) is 4.19. The first kappa shape index (κ1) is 20.7. The normalized spacial score (nSPS) is 10.7. The number of nitro benzene ring substituents is 1. The van der Waals surface area contributed by atoms with Gasteiger partial charge in [-0.05, 0) is 26.8 Å². The predicted molar refractivity (Wildman–Crippen MR) is 81.9 cm³/mol. The molecule has 22 heavy (non-hydrogen) atoms. The molecule has 0 saturated heterocycles. The summed E-state index contributed by atoms with van der Waals surface area (Å²) in [5.41, 5.74) is 0.00743. The molecule has 0 bridgehead atoms. The number of methoxy groups -OCH3 is 1. The minimum Gasteiger partial charge on any atom is -1.00 e. The Bertz CT molecular complexity index is 470. The van der Waals surface area contributed by atoms with E-state index in [2.05, 4.69) is 20.8 Å². The Kier molecular flexibility index (Phi) is 9.04. The summed E-state index contributed by atoms with van der Waals surface area (Å²) in [6.45, 7) is 11.0. The van der Waals surface area contributed by atoms with Crippen molar-refractivity contribution in [3.8, 4) is 11.5 Å². The molecule has 0 aliphatic carbocycles. The van der Waals surface area contributed by atoms with E-state index in [4.69, 9.17) is 9.47 Å². The number of hydrogen-bond acceptors (Lipinski definition) is 4. The van der Waals surface area contributed by atoms with Gasteiger partial charge >= 0.3 is 0 Å². The summed E-state index contributed by atoms with van der Waals surface area (Å²) in [7, 11) is 1.53. The van der Waals surface area contributed by atoms with E-state index in [1.54, 1.807) is 6.07 Å². The third kappa shape index (κ3) is 5.14. The van der Waals surface area contributed by atoms with E-state index in [1.807, 2.05) is 0 Å². The zero-order valence-corrected chi connectivity index (χ0v) is 15.3. The van der Waals surface area contributed by atoms with Gasteiger partial charge < -0.3 is 30.9 Å². The van der Waals surface area contributed by atoms with E-state index < -0.39 is 4.92 Å². The Labute approximate surface area is 142 Å². The molecule has 1 rings (SSSR count). The Morgan fingerprint density at radius 2 is 1.73 bits per heavy atom. The molecule has 126 valence electrons. The van der Waals surface area contributed by atoms with Crippen LogP contribution in [-0.4, -0.2) is 49.3 Å². The van der Waals surface area contributed by atoms with Crippen LogP contribution in [0.3, 0.4) is 0 Å². The van der Waals surface area contributed by atoms with Gasteiger partial charge in [0, 0.05) is 6.07 Å². The van der Waals surface area contributed by atoms with Crippen LogP contribution < -0.4 is 26.5 Å². The quantitative estimate of drug-likeness (QED) is 0.342.